The van der Waals surface area contributed by atoms with Crippen molar-refractivity contribution in [1.82, 2.24) is 0 Å². The minimum atomic E-state index is -0.778. The van der Waals surface area contributed by atoms with Crippen molar-refractivity contribution < 1.29 is 28.6 Å². The highest BCUT2D eigenvalue weighted by Crippen LogP contribution is 2.17. The van der Waals surface area contributed by atoms with Crippen LogP contribution in [0.15, 0.2) is 36.5 Å². The molecule has 0 aromatic rings. The molecule has 0 saturated heterocycles. The van der Waals surface area contributed by atoms with E-state index >= 15 is 0 Å². The molecule has 0 rings (SSSR count). The molecule has 0 bridgehead atoms. The van der Waals surface area contributed by atoms with Crippen LogP contribution >= 0.6 is 0 Å². The zero-order valence-electron chi connectivity index (χ0n) is 50.6. The molecule has 0 radical (unpaired) electrons. The largest absolute Gasteiger partial charge is 0.462 e. The third kappa shape index (κ3) is 62.4. The maximum Gasteiger partial charge on any atom is 0.306 e. The van der Waals surface area contributed by atoms with Crippen molar-refractivity contribution >= 4 is 17.9 Å². The first-order valence-electron chi connectivity index (χ1n) is 33.5. The van der Waals surface area contributed by atoms with E-state index in [0.717, 1.165) is 57.8 Å². The van der Waals surface area contributed by atoms with Gasteiger partial charge in [-0.3, -0.25) is 14.4 Å². The Hall–Kier alpha value is -2.37. The van der Waals surface area contributed by atoms with E-state index in [1.165, 1.54) is 270 Å². The fourth-order valence-electron chi connectivity index (χ4n) is 10.0. The molecule has 0 atom stereocenters. The molecular weight excluding hydrogens is 925 g/mol. The first kappa shape index (κ1) is 72.6. The van der Waals surface area contributed by atoms with Crippen LogP contribution in [0.4, 0.5) is 0 Å². The smallest absolute Gasteiger partial charge is 0.306 e. The zero-order chi connectivity index (χ0) is 54.3. The summed E-state index contributed by atoms with van der Waals surface area (Å²) in [6.45, 7) is 6.69. The molecule has 0 aliphatic carbocycles. The fourth-order valence-corrected chi connectivity index (χ4v) is 10.0. The van der Waals surface area contributed by atoms with Gasteiger partial charge < -0.3 is 14.2 Å². The van der Waals surface area contributed by atoms with Gasteiger partial charge in [-0.2, -0.15) is 0 Å². The van der Waals surface area contributed by atoms with Crippen molar-refractivity contribution in [3.05, 3.63) is 36.5 Å². The molecule has 0 aromatic carbocycles. The molecule has 75 heavy (non-hydrogen) atoms. The summed E-state index contributed by atoms with van der Waals surface area (Å²) in [7, 11) is 0. The van der Waals surface area contributed by atoms with Gasteiger partial charge in [0.05, 0.1) is 0 Å². The highest BCUT2D eigenvalue weighted by molar-refractivity contribution is 5.71. The Balaban J connectivity index is 4.35. The molecule has 0 aliphatic heterocycles. The number of ether oxygens (including phenoxy) is 3. The van der Waals surface area contributed by atoms with E-state index < -0.39 is 6.10 Å². The third-order valence-corrected chi connectivity index (χ3v) is 15.1. The van der Waals surface area contributed by atoms with Crippen LogP contribution in [-0.4, -0.2) is 37.2 Å². The van der Waals surface area contributed by atoms with Gasteiger partial charge in [0.25, 0.3) is 0 Å². The Morgan fingerprint density at radius 2 is 0.440 bits per heavy atom. The monoisotopic (exact) mass is 1050 g/mol. The Bertz CT molecular complexity index is 1190. The molecule has 0 fully saturated rings. The highest BCUT2D eigenvalue weighted by atomic mass is 16.6. The molecular formula is C69H128O6. The maximum atomic E-state index is 12.9. The van der Waals surface area contributed by atoms with Gasteiger partial charge >= 0.3 is 17.9 Å². The van der Waals surface area contributed by atoms with E-state index in [1.807, 2.05) is 0 Å². The van der Waals surface area contributed by atoms with Gasteiger partial charge in [0.1, 0.15) is 13.2 Å². The van der Waals surface area contributed by atoms with Gasteiger partial charge in [-0.1, -0.05) is 288 Å². The molecule has 0 aliphatic rings. The van der Waals surface area contributed by atoms with Gasteiger partial charge in [-0.25, -0.2) is 0 Å². The van der Waals surface area contributed by atoms with Gasteiger partial charge in [-0.05, 0) is 96.3 Å². The van der Waals surface area contributed by atoms with Gasteiger partial charge in [-0.15, -0.1) is 0 Å². The predicted molar refractivity (Wildman–Crippen MR) is 326 cm³/mol. The Morgan fingerprint density at radius 1 is 0.253 bits per heavy atom. The molecule has 0 N–H and O–H groups in total. The molecule has 0 aromatic heterocycles. The second-order valence-electron chi connectivity index (χ2n) is 22.7. The molecule has 440 valence electrons. The fraction of sp³-hybridized carbons (Fsp3) is 0.870. The molecule has 6 heteroatoms. The van der Waals surface area contributed by atoms with Gasteiger partial charge in [0.2, 0.25) is 0 Å². The van der Waals surface area contributed by atoms with Crippen molar-refractivity contribution in [1.29, 1.82) is 0 Å². The van der Waals surface area contributed by atoms with Crippen LogP contribution in [0.5, 0.6) is 0 Å². The summed E-state index contributed by atoms with van der Waals surface area (Å²) in [6, 6.07) is 0. The number of hydrogen-bond donors (Lipinski definition) is 0. The predicted octanol–water partition coefficient (Wildman–Crippen LogP) is 22.8. The lowest BCUT2D eigenvalue weighted by Crippen LogP contribution is -2.30. The number of hydrogen-bond acceptors (Lipinski definition) is 6. The lowest BCUT2D eigenvalue weighted by molar-refractivity contribution is -0.167. The standard InChI is InChI=1S/C69H128O6/c1-4-7-10-13-16-19-22-25-28-31-34-37-40-43-46-49-52-55-58-61-67(70)73-64-66(75-69(72)63-60-57-54-51-48-45-42-39-36-33-30-27-24-21-18-15-12-9-6-3)65-74-68(71)62-59-56-53-50-47-44-41-38-35-32-29-26-23-20-17-14-11-8-5-2/h31-36,66H,4-30,37-65H2,1-3H3/b34-31-,35-32-,36-33-. The number of carbonyl (C=O) groups is 3. The normalized spacial score (nSPS) is 11.8. The summed E-state index contributed by atoms with van der Waals surface area (Å²) in [6.07, 6.45) is 78.6. The van der Waals surface area contributed by atoms with Crippen molar-refractivity contribution in [2.24, 2.45) is 0 Å². The molecule has 0 heterocycles. The number of rotatable bonds is 62. The van der Waals surface area contributed by atoms with Crippen LogP contribution in [0.25, 0.3) is 0 Å². The summed E-state index contributed by atoms with van der Waals surface area (Å²) >= 11 is 0. The van der Waals surface area contributed by atoms with Crippen molar-refractivity contribution in [3.8, 4) is 0 Å². The van der Waals surface area contributed by atoms with E-state index in [9.17, 15) is 14.4 Å². The summed E-state index contributed by atoms with van der Waals surface area (Å²) in [5.74, 6) is -0.862. The van der Waals surface area contributed by atoms with Crippen LogP contribution in [0.2, 0.25) is 0 Å². The topological polar surface area (TPSA) is 78.9 Å². The SMILES string of the molecule is CCCCCCCCCC/C=C\CCCCCCCCCC(=O)OCC(COC(=O)CCCCCCCCC/C=C\CCCCCCCCCC)OC(=O)CCCCCCCCC/C=C\CCCCCCCCCC. The molecule has 0 saturated carbocycles. The summed E-state index contributed by atoms with van der Waals surface area (Å²) < 4.78 is 17.0. The van der Waals surface area contributed by atoms with Crippen molar-refractivity contribution in [2.45, 2.75) is 374 Å². The van der Waals surface area contributed by atoms with Gasteiger partial charge in [0, 0.05) is 19.3 Å². The molecule has 6 nitrogen and oxygen atoms in total. The summed E-state index contributed by atoms with van der Waals surface area (Å²) in [4.78, 5) is 38.4. The maximum absolute atomic E-state index is 12.9. The number of esters is 3. The van der Waals surface area contributed by atoms with Crippen LogP contribution in [-0.2, 0) is 28.6 Å². The Kier molecular flexibility index (Phi) is 62.1. The van der Waals surface area contributed by atoms with E-state index in [0.29, 0.717) is 19.3 Å². The highest BCUT2D eigenvalue weighted by Gasteiger charge is 2.19. The average Bonchev–Trinajstić information content (AvgIpc) is 3.41. The lowest BCUT2D eigenvalue weighted by atomic mass is 10.1. The van der Waals surface area contributed by atoms with Crippen molar-refractivity contribution in [3.63, 3.8) is 0 Å². The first-order chi connectivity index (χ1) is 37.0. The second kappa shape index (κ2) is 64.2. The molecule has 0 amide bonds. The van der Waals surface area contributed by atoms with Crippen LogP contribution in [0.3, 0.4) is 0 Å². The van der Waals surface area contributed by atoms with Crippen LogP contribution < -0.4 is 0 Å². The minimum Gasteiger partial charge on any atom is -0.462 e. The number of carbonyl (C=O) groups excluding carboxylic acids is 3. The Labute approximate surface area is 467 Å². The van der Waals surface area contributed by atoms with Crippen molar-refractivity contribution in [2.75, 3.05) is 13.2 Å². The molecule has 0 unspecified atom stereocenters. The quantitative estimate of drug-likeness (QED) is 0.0261. The zero-order valence-corrected chi connectivity index (χ0v) is 50.6. The van der Waals surface area contributed by atoms with E-state index in [2.05, 4.69) is 57.2 Å². The molecule has 0 spiro atoms. The minimum absolute atomic E-state index is 0.0746. The first-order valence-corrected chi connectivity index (χ1v) is 33.5. The second-order valence-corrected chi connectivity index (χ2v) is 22.7. The Morgan fingerprint density at radius 3 is 0.667 bits per heavy atom. The number of unbranched alkanes of at least 4 members (excludes halogenated alkanes) is 45. The summed E-state index contributed by atoms with van der Waals surface area (Å²) in [5, 5.41) is 0. The third-order valence-electron chi connectivity index (χ3n) is 15.1. The van der Waals surface area contributed by atoms with Crippen LogP contribution in [0, 0.1) is 0 Å². The van der Waals surface area contributed by atoms with Crippen LogP contribution in [0.1, 0.15) is 367 Å². The van der Waals surface area contributed by atoms with E-state index in [-0.39, 0.29) is 31.1 Å². The average molecular weight is 1050 g/mol. The van der Waals surface area contributed by atoms with E-state index in [1.54, 1.807) is 0 Å². The summed E-state index contributed by atoms with van der Waals surface area (Å²) in [5.41, 5.74) is 0. The lowest BCUT2D eigenvalue weighted by Gasteiger charge is -2.18. The number of allylic oxidation sites excluding steroid dienone is 6. The van der Waals surface area contributed by atoms with E-state index in [4.69, 9.17) is 14.2 Å². The van der Waals surface area contributed by atoms with Gasteiger partial charge in [0.15, 0.2) is 6.10 Å².